The first-order chi connectivity index (χ1) is 21.4. The number of carbonyl (C=O) groups is 2. The molecule has 1 saturated heterocycles. The van der Waals surface area contributed by atoms with Gasteiger partial charge < -0.3 is 15.5 Å². The van der Waals surface area contributed by atoms with E-state index in [4.69, 9.17) is 4.99 Å². The topological polar surface area (TPSA) is 73.8 Å². The molecule has 0 aromatic heterocycles. The van der Waals surface area contributed by atoms with Crippen molar-refractivity contribution in [2.75, 3.05) is 22.9 Å². The van der Waals surface area contributed by atoms with E-state index in [0.717, 1.165) is 70.5 Å². The van der Waals surface area contributed by atoms with Gasteiger partial charge in [0.1, 0.15) is 0 Å². The van der Waals surface area contributed by atoms with Gasteiger partial charge in [0.15, 0.2) is 5.17 Å². The van der Waals surface area contributed by atoms with E-state index in [1.165, 1.54) is 57.8 Å². The number of carbonyl (C=O) groups excluding carboxylic acids is 2. The summed E-state index contributed by atoms with van der Waals surface area (Å²) in [6.07, 6.45) is 15.6. The number of allylic oxidation sites excluding steroid dienone is 1. The van der Waals surface area contributed by atoms with Crippen molar-refractivity contribution >= 4 is 40.1 Å². The zero-order valence-electron chi connectivity index (χ0n) is 27.3. The first-order valence-corrected chi connectivity index (χ1v) is 17.8. The maximum absolute atomic E-state index is 13.8. The second-order valence-electron chi connectivity index (χ2n) is 12.4. The molecule has 0 radical (unpaired) electrons. The summed E-state index contributed by atoms with van der Waals surface area (Å²) >= 11 is 1.75. The molecule has 0 aliphatic carbocycles. The summed E-state index contributed by atoms with van der Waals surface area (Å²) in [5.74, 6) is 0.975. The molecule has 2 aromatic rings. The number of rotatable bonds is 16. The Labute approximate surface area is 269 Å². The number of hydrogen-bond acceptors (Lipinski definition) is 5. The average Bonchev–Trinajstić information content (AvgIpc) is 3.01. The van der Waals surface area contributed by atoms with E-state index in [1.54, 1.807) is 11.8 Å². The highest BCUT2D eigenvalue weighted by molar-refractivity contribution is 8.13. The highest BCUT2D eigenvalue weighted by Crippen LogP contribution is 2.40. The molecule has 0 bridgehead atoms. The highest BCUT2D eigenvalue weighted by Gasteiger charge is 2.37. The van der Waals surface area contributed by atoms with E-state index < -0.39 is 0 Å². The largest absolute Gasteiger partial charge is 0.340 e. The predicted molar refractivity (Wildman–Crippen MR) is 187 cm³/mol. The molecule has 0 spiro atoms. The highest BCUT2D eigenvalue weighted by atomic mass is 32.2. The summed E-state index contributed by atoms with van der Waals surface area (Å²) in [5.41, 5.74) is 6.26. The van der Waals surface area contributed by atoms with Gasteiger partial charge in [0.05, 0.1) is 17.3 Å². The number of anilines is 2. The Kier molecular flexibility index (Phi) is 13.4. The Morgan fingerprint density at radius 1 is 0.864 bits per heavy atom. The van der Waals surface area contributed by atoms with Crippen LogP contribution >= 0.6 is 11.8 Å². The van der Waals surface area contributed by atoms with E-state index in [9.17, 15) is 9.59 Å². The molecule has 6 nitrogen and oxygen atoms in total. The van der Waals surface area contributed by atoms with Gasteiger partial charge in [-0.3, -0.25) is 9.59 Å². The molecule has 1 fully saturated rings. The summed E-state index contributed by atoms with van der Waals surface area (Å²) in [4.78, 5) is 33.6. The number of nitrogens with one attached hydrogen (secondary N) is 2. The maximum atomic E-state index is 13.8. The van der Waals surface area contributed by atoms with Crippen LogP contribution < -0.4 is 10.6 Å². The molecule has 1 atom stereocenters. The monoisotopic (exact) mass is 616 g/mol. The van der Waals surface area contributed by atoms with Crippen LogP contribution in [-0.2, 0) is 9.59 Å². The van der Waals surface area contributed by atoms with Crippen LogP contribution in [0.15, 0.2) is 58.7 Å². The zero-order chi connectivity index (χ0) is 31.3. The summed E-state index contributed by atoms with van der Waals surface area (Å²) < 4.78 is 0. The lowest BCUT2D eigenvalue weighted by Crippen LogP contribution is -2.43. The van der Waals surface area contributed by atoms with Crippen LogP contribution in [0.1, 0.15) is 120 Å². The van der Waals surface area contributed by atoms with Crippen molar-refractivity contribution in [1.82, 2.24) is 4.90 Å². The molecule has 2 amide bonds. The molecule has 2 aliphatic heterocycles. The van der Waals surface area contributed by atoms with Crippen molar-refractivity contribution in [2.24, 2.45) is 4.99 Å². The second-order valence-corrected chi connectivity index (χ2v) is 13.5. The summed E-state index contributed by atoms with van der Waals surface area (Å²) in [7, 11) is 0. The molecule has 1 unspecified atom stereocenters. The Morgan fingerprint density at radius 2 is 1.52 bits per heavy atom. The number of benzene rings is 2. The fourth-order valence-electron chi connectivity index (χ4n) is 6.17. The van der Waals surface area contributed by atoms with Gasteiger partial charge in [0.25, 0.3) is 5.91 Å². The summed E-state index contributed by atoms with van der Waals surface area (Å²) in [6, 6.07) is 13.8. The fourth-order valence-corrected chi connectivity index (χ4v) is 7.19. The first kappa shape index (κ1) is 33.8. The van der Waals surface area contributed by atoms with Crippen molar-refractivity contribution in [1.29, 1.82) is 0 Å². The first-order valence-electron chi connectivity index (χ1n) is 16.8. The molecule has 238 valence electrons. The number of fused-ring (bicyclic) bond motifs is 1. The number of nitrogens with zero attached hydrogens (tertiary/aromatic N) is 2. The van der Waals surface area contributed by atoms with Gasteiger partial charge in [0.2, 0.25) is 5.91 Å². The lowest BCUT2D eigenvalue weighted by Gasteiger charge is -2.41. The standard InChI is InChI=1S/C37H52N4O2S/c1-5-6-7-8-9-10-11-12-13-14-15-17-33(42)39-31-21-19-30(20-22-31)35-34(29(4)38-37-41(35)24-16-25-44-37)36(43)40-32-23-18-27(2)26-28(32)3/h18-23,26,35H,5-17,24-25H2,1-4H3,(H,39,42)(H,40,43). The number of amidine groups is 1. The van der Waals surface area contributed by atoms with Crippen molar-refractivity contribution in [3.8, 4) is 0 Å². The van der Waals surface area contributed by atoms with Gasteiger partial charge in [-0.25, -0.2) is 4.99 Å². The lowest BCUT2D eigenvalue weighted by molar-refractivity contribution is -0.116. The molecule has 7 heteroatoms. The van der Waals surface area contributed by atoms with Gasteiger partial charge in [-0.15, -0.1) is 0 Å². The second kappa shape index (κ2) is 17.4. The van der Waals surface area contributed by atoms with Gasteiger partial charge in [-0.2, -0.15) is 0 Å². The van der Waals surface area contributed by atoms with Gasteiger partial charge in [-0.1, -0.05) is 113 Å². The van der Waals surface area contributed by atoms with E-state index in [1.807, 2.05) is 50.2 Å². The van der Waals surface area contributed by atoms with Gasteiger partial charge in [-0.05, 0) is 62.9 Å². The molecule has 2 N–H and O–H groups in total. The third kappa shape index (κ3) is 9.72. The smallest absolute Gasteiger partial charge is 0.255 e. The predicted octanol–water partition coefficient (Wildman–Crippen LogP) is 9.71. The lowest BCUT2D eigenvalue weighted by atomic mass is 9.93. The Morgan fingerprint density at radius 3 is 2.18 bits per heavy atom. The van der Waals surface area contributed by atoms with Crippen LogP contribution in [-0.4, -0.2) is 34.2 Å². The van der Waals surface area contributed by atoms with Gasteiger partial charge in [0, 0.05) is 30.1 Å². The van der Waals surface area contributed by atoms with Crippen LogP contribution in [0.4, 0.5) is 11.4 Å². The van der Waals surface area contributed by atoms with E-state index in [-0.39, 0.29) is 17.9 Å². The molecule has 4 rings (SSSR count). The minimum absolute atomic E-state index is 0.0671. The summed E-state index contributed by atoms with van der Waals surface area (Å²) in [5, 5.41) is 7.22. The fraction of sp³-hybridized carbons (Fsp3) is 0.541. The van der Waals surface area contributed by atoms with Crippen molar-refractivity contribution < 1.29 is 9.59 Å². The Bertz CT molecular complexity index is 1320. The number of unbranched alkanes of at least 4 members (excludes halogenated alkanes) is 10. The van der Waals surface area contributed by atoms with Crippen molar-refractivity contribution in [2.45, 2.75) is 117 Å². The average molecular weight is 617 g/mol. The number of thioether (sulfide) groups is 1. The zero-order valence-corrected chi connectivity index (χ0v) is 28.2. The van der Waals surface area contributed by atoms with Crippen LogP contribution in [0.3, 0.4) is 0 Å². The molecular weight excluding hydrogens is 565 g/mol. The number of aliphatic imine (C=N–C) groups is 1. The van der Waals surface area contributed by atoms with Crippen molar-refractivity contribution in [3.05, 3.63) is 70.4 Å². The third-order valence-corrected chi connectivity index (χ3v) is 9.73. The number of hydrogen-bond donors (Lipinski definition) is 2. The van der Waals surface area contributed by atoms with Crippen molar-refractivity contribution in [3.63, 3.8) is 0 Å². The number of amides is 2. The van der Waals surface area contributed by atoms with Crippen LogP contribution in [0, 0.1) is 13.8 Å². The maximum Gasteiger partial charge on any atom is 0.255 e. The van der Waals surface area contributed by atoms with Gasteiger partial charge >= 0.3 is 0 Å². The molecule has 2 aliphatic rings. The quantitative estimate of drug-likeness (QED) is 0.184. The van der Waals surface area contributed by atoms with Crippen LogP contribution in [0.25, 0.3) is 0 Å². The van der Waals surface area contributed by atoms with Crippen LogP contribution in [0.2, 0.25) is 0 Å². The van der Waals surface area contributed by atoms with E-state index in [0.29, 0.717) is 12.0 Å². The minimum Gasteiger partial charge on any atom is -0.340 e. The SMILES string of the molecule is CCCCCCCCCCCCCC(=O)Nc1ccc(C2C(C(=O)Nc3ccc(C)cc3C)=C(C)N=C3SCCCN32)cc1. The van der Waals surface area contributed by atoms with E-state index in [2.05, 4.69) is 35.4 Å². The summed E-state index contributed by atoms with van der Waals surface area (Å²) in [6.45, 7) is 9.12. The normalized spacial score (nSPS) is 16.4. The molecule has 2 heterocycles. The minimum atomic E-state index is -0.234. The third-order valence-electron chi connectivity index (χ3n) is 8.65. The van der Waals surface area contributed by atoms with E-state index >= 15 is 0 Å². The number of aryl methyl sites for hydroxylation is 2. The van der Waals surface area contributed by atoms with Crippen LogP contribution in [0.5, 0.6) is 0 Å². The molecule has 0 saturated carbocycles. The Hall–Kier alpha value is -3.06. The molecule has 44 heavy (non-hydrogen) atoms. The molecule has 2 aromatic carbocycles. The Balaban J connectivity index is 1.32. The molecular formula is C37H52N4O2S.